The highest BCUT2D eigenvalue weighted by atomic mass is 35.5. The lowest BCUT2D eigenvalue weighted by Crippen LogP contribution is -2.11. The molecule has 0 saturated heterocycles. The molecule has 0 amide bonds. The molecule has 0 atom stereocenters. The van der Waals surface area contributed by atoms with E-state index in [9.17, 15) is 0 Å². The molecule has 0 saturated carbocycles. The van der Waals surface area contributed by atoms with Gasteiger partial charge in [0.1, 0.15) is 0 Å². The highest BCUT2D eigenvalue weighted by molar-refractivity contribution is 5.85. The molecule has 19 heavy (non-hydrogen) atoms. The smallest absolute Gasteiger partial charge is 0.0314 e. The molecule has 2 aromatic rings. The van der Waals surface area contributed by atoms with Gasteiger partial charge in [-0.3, -0.25) is 0 Å². The average molecular weight is 281 g/mol. The van der Waals surface area contributed by atoms with Crippen molar-refractivity contribution in [3.8, 4) is 11.1 Å². The number of nitrogen functional groups attached to an aromatic ring is 2. The van der Waals surface area contributed by atoms with E-state index in [0.717, 1.165) is 22.5 Å². The summed E-state index contributed by atoms with van der Waals surface area (Å²) < 4.78 is 0. The molecule has 0 aromatic heterocycles. The van der Waals surface area contributed by atoms with Crippen molar-refractivity contribution in [3.05, 3.63) is 48.5 Å². The minimum absolute atomic E-state index is 0. The zero-order valence-corrected chi connectivity index (χ0v) is 11.0. The number of hydrogen-bond donors (Lipinski definition) is 5. The van der Waals surface area contributed by atoms with Gasteiger partial charge in [0.25, 0.3) is 0 Å². The third-order valence-corrected chi connectivity index (χ3v) is 2.22. The molecular formula is C12H17ClN6. The van der Waals surface area contributed by atoms with Crippen LogP contribution in [-0.2, 0) is 0 Å². The third kappa shape index (κ3) is 5.71. The summed E-state index contributed by atoms with van der Waals surface area (Å²) >= 11 is 0. The van der Waals surface area contributed by atoms with Gasteiger partial charge in [-0.1, -0.05) is 29.5 Å². The van der Waals surface area contributed by atoms with E-state index in [0.29, 0.717) is 0 Å². The van der Waals surface area contributed by atoms with E-state index < -0.39 is 0 Å². The Hall–Kier alpha value is -2.31. The predicted molar refractivity (Wildman–Crippen MR) is 80.4 cm³/mol. The van der Waals surface area contributed by atoms with Crippen LogP contribution < -0.4 is 22.8 Å². The highest BCUT2D eigenvalue weighted by Gasteiger charge is 1.95. The van der Waals surface area contributed by atoms with Gasteiger partial charge in [0, 0.05) is 11.4 Å². The molecule has 102 valence electrons. The van der Waals surface area contributed by atoms with Gasteiger partial charge in [0.2, 0.25) is 0 Å². The lowest BCUT2D eigenvalue weighted by molar-refractivity contribution is 0.716. The van der Waals surface area contributed by atoms with Crippen molar-refractivity contribution in [1.82, 2.24) is 5.53 Å². The standard InChI is InChI=1S/C12H12N2.ClH.H4N4/c13-11-5-1-9(2-6-11)10-3-7-12(14)8-4-10;;1-3-4-2/h1-8H,13-14H2;1H;(H2,1,4)(H2,2,3). The van der Waals surface area contributed by atoms with Gasteiger partial charge < -0.3 is 11.5 Å². The molecular weight excluding hydrogens is 264 g/mol. The number of benzene rings is 2. The molecule has 7 heteroatoms. The quantitative estimate of drug-likeness (QED) is 0.250. The van der Waals surface area contributed by atoms with Gasteiger partial charge in [-0.15, -0.1) is 12.4 Å². The topological polar surface area (TPSA) is 126 Å². The van der Waals surface area contributed by atoms with Crippen molar-refractivity contribution in [1.29, 1.82) is 5.53 Å². The average Bonchev–Trinajstić information content (AvgIpc) is 2.41. The second-order valence-electron chi connectivity index (χ2n) is 3.48. The van der Waals surface area contributed by atoms with E-state index >= 15 is 0 Å². The van der Waals surface area contributed by atoms with Crippen LogP contribution in [0.15, 0.2) is 53.8 Å². The molecule has 0 aliphatic heterocycles. The van der Waals surface area contributed by atoms with Gasteiger partial charge in [0.15, 0.2) is 0 Å². The van der Waals surface area contributed by atoms with Crippen LogP contribution in [0.2, 0.25) is 0 Å². The Bertz CT molecular complexity index is 439. The van der Waals surface area contributed by atoms with E-state index in [2.05, 4.69) is 11.1 Å². The molecule has 0 bridgehead atoms. The van der Waals surface area contributed by atoms with Crippen molar-refractivity contribution in [2.24, 2.45) is 11.1 Å². The summed E-state index contributed by atoms with van der Waals surface area (Å²) in [6, 6.07) is 15.6. The molecule has 2 aromatic carbocycles. The molecule has 0 radical (unpaired) electrons. The fraction of sp³-hybridized carbons (Fsp3) is 0. The largest absolute Gasteiger partial charge is 0.399 e. The molecule has 0 spiro atoms. The lowest BCUT2D eigenvalue weighted by Gasteiger charge is -2.02. The number of nitrogens with two attached hydrogens (primary N) is 3. The number of hydrogen-bond acceptors (Lipinski definition) is 5. The van der Waals surface area contributed by atoms with Crippen LogP contribution in [0.1, 0.15) is 0 Å². The van der Waals surface area contributed by atoms with Crippen LogP contribution in [-0.4, -0.2) is 0 Å². The zero-order valence-electron chi connectivity index (χ0n) is 10.2. The number of halogens is 1. The first-order valence-electron chi connectivity index (χ1n) is 5.21. The van der Waals surface area contributed by atoms with Crippen molar-refractivity contribution in [2.45, 2.75) is 0 Å². The van der Waals surface area contributed by atoms with E-state index in [4.69, 9.17) is 17.0 Å². The van der Waals surface area contributed by atoms with Gasteiger partial charge in [-0.2, -0.15) is 5.53 Å². The minimum atomic E-state index is 0. The van der Waals surface area contributed by atoms with Gasteiger partial charge in [-0.05, 0) is 35.4 Å². The van der Waals surface area contributed by atoms with Crippen molar-refractivity contribution in [2.75, 3.05) is 11.5 Å². The summed E-state index contributed by atoms with van der Waals surface area (Å²) in [4.78, 5) is 0. The van der Waals surface area contributed by atoms with Crippen LogP contribution in [0.25, 0.3) is 11.1 Å². The summed E-state index contributed by atoms with van der Waals surface area (Å²) in [5.41, 5.74) is 22.6. The maximum absolute atomic E-state index is 5.84. The summed E-state index contributed by atoms with van der Waals surface area (Å²) in [6.45, 7) is 0. The number of nitrogens with one attached hydrogen (secondary N) is 2. The normalized spacial score (nSPS) is 8.47. The monoisotopic (exact) mass is 280 g/mol. The number of anilines is 2. The van der Waals surface area contributed by atoms with E-state index in [1.165, 1.54) is 0 Å². The summed E-state index contributed by atoms with van der Waals surface area (Å²) in [5, 5.41) is 2.51. The molecule has 6 nitrogen and oxygen atoms in total. The van der Waals surface area contributed by atoms with Crippen LogP contribution in [0.4, 0.5) is 11.4 Å². The summed E-state index contributed by atoms with van der Waals surface area (Å²) in [6.07, 6.45) is 0. The summed E-state index contributed by atoms with van der Waals surface area (Å²) in [7, 11) is 0. The molecule has 0 aliphatic rings. The Morgan fingerprint density at radius 1 is 0.789 bits per heavy atom. The van der Waals surface area contributed by atoms with Crippen LogP contribution in [0, 0.1) is 5.53 Å². The highest BCUT2D eigenvalue weighted by Crippen LogP contribution is 2.21. The van der Waals surface area contributed by atoms with Crippen molar-refractivity contribution >= 4 is 23.8 Å². The summed E-state index contributed by atoms with van der Waals surface area (Å²) in [5.74, 6) is 4.42. The first kappa shape index (κ1) is 16.7. The Kier molecular flexibility index (Phi) is 7.67. The van der Waals surface area contributed by atoms with Crippen molar-refractivity contribution < 1.29 is 0 Å². The molecule has 2 rings (SSSR count). The predicted octanol–water partition coefficient (Wildman–Crippen LogP) is 2.34. The third-order valence-electron chi connectivity index (χ3n) is 2.22. The SMILES string of the molecule is Cl.N=NNN.Nc1ccc(-c2ccc(N)cc2)cc1. The van der Waals surface area contributed by atoms with Crippen LogP contribution in [0.5, 0.6) is 0 Å². The van der Waals surface area contributed by atoms with Crippen LogP contribution in [0.3, 0.4) is 0 Å². The number of nitrogens with zero attached hydrogens (tertiary/aromatic N) is 1. The molecule has 8 N–H and O–H groups in total. The maximum Gasteiger partial charge on any atom is 0.0314 e. The molecule has 0 fully saturated rings. The Labute approximate surface area is 117 Å². The first-order chi connectivity index (χ1) is 8.67. The Morgan fingerprint density at radius 3 is 1.26 bits per heavy atom. The maximum atomic E-state index is 5.84. The second kappa shape index (κ2) is 8.73. The lowest BCUT2D eigenvalue weighted by atomic mass is 10.1. The zero-order chi connectivity index (χ0) is 13.4. The van der Waals surface area contributed by atoms with Crippen LogP contribution >= 0.6 is 12.4 Å². The van der Waals surface area contributed by atoms with Gasteiger partial charge in [0.05, 0.1) is 0 Å². The number of rotatable bonds is 2. The molecule has 0 aliphatic carbocycles. The molecule has 0 heterocycles. The number of hydrazine groups is 1. The van der Waals surface area contributed by atoms with E-state index in [1.807, 2.05) is 48.5 Å². The second-order valence-corrected chi connectivity index (χ2v) is 3.48. The van der Waals surface area contributed by atoms with Crippen molar-refractivity contribution in [3.63, 3.8) is 0 Å². The van der Waals surface area contributed by atoms with E-state index in [1.54, 1.807) is 5.53 Å². The fourth-order valence-electron chi connectivity index (χ4n) is 1.35. The Morgan fingerprint density at radius 2 is 1.05 bits per heavy atom. The first-order valence-corrected chi connectivity index (χ1v) is 5.21. The van der Waals surface area contributed by atoms with Gasteiger partial charge >= 0.3 is 0 Å². The fourth-order valence-corrected chi connectivity index (χ4v) is 1.35. The van der Waals surface area contributed by atoms with E-state index in [-0.39, 0.29) is 12.4 Å². The molecule has 0 unspecified atom stereocenters. The Balaban J connectivity index is 0.000000576. The van der Waals surface area contributed by atoms with Gasteiger partial charge in [-0.25, -0.2) is 11.4 Å². The minimum Gasteiger partial charge on any atom is -0.399 e.